The van der Waals surface area contributed by atoms with Gasteiger partial charge in [-0.2, -0.15) is 0 Å². The van der Waals surface area contributed by atoms with Gasteiger partial charge in [-0.05, 0) is 36.8 Å². The Bertz CT molecular complexity index is 915. The van der Waals surface area contributed by atoms with E-state index >= 15 is 0 Å². The molecular weight excluding hydrogens is 370 g/mol. The molecule has 5 nitrogen and oxygen atoms in total. The topological polar surface area (TPSA) is 40.2 Å². The van der Waals surface area contributed by atoms with Crippen LogP contribution in [-0.2, 0) is 13.1 Å². The summed E-state index contributed by atoms with van der Waals surface area (Å²) in [6, 6.07) is 12.7. The van der Waals surface area contributed by atoms with Gasteiger partial charge in [-0.1, -0.05) is 12.1 Å². The average Bonchev–Trinajstić information content (AvgIpc) is 3.13. The second-order valence-corrected chi connectivity index (χ2v) is 8.68. The molecule has 0 aliphatic carbocycles. The van der Waals surface area contributed by atoms with Crippen molar-refractivity contribution in [3.05, 3.63) is 52.5 Å². The number of methoxy groups -OCH3 is 2. The lowest BCUT2D eigenvalue weighted by Gasteiger charge is -2.29. The first-order valence-electron chi connectivity index (χ1n) is 9.89. The number of piperazine rings is 1. The summed E-state index contributed by atoms with van der Waals surface area (Å²) in [5, 5.41) is 1.26. The summed E-state index contributed by atoms with van der Waals surface area (Å²) in [6.07, 6.45) is 0. The molecule has 2 aromatic carbocycles. The maximum absolute atomic E-state index is 5.49. The molecule has 0 atom stereocenters. The lowest BCUT2D eigenvalue weighted by molar-refractivity contribution is -1.02. The number of ether oxygens (including phenoxy) is 2. The van der Waals surface area contributed by atoms with Gasteiger partial charge in [-0.25, -0.2) is 4.98 Å². The van der Waals surface area contributed by atoms with Gasteiger partial charge >= 0.3 is 0 Å². The maximum atomic E-state index is 5.49. The Kier molecular flexibility index (Phi) is 5.80. The van der Waals surface area contributed by atoms with Crippen molar-refractivity contribution in [2.24, 2.45) is 0 Å². The number of hydrogen-bond acceptors (Lipinski definition) is 4. The minimum absolute atomic E-state index is 0.809. The Hall–Kier alpha value is -2.15. The van der Waals surface area contributed by atoms with Crippen LogP contribution in [0.15, 0.2) is 36.4 Å². The second-order valence-electron chi connectivity index (χ2n) is 7.56. The fourth-order valence-corrected chi connectivity index (χ4v) is 5.04. The molecule has 0 radical (unpaired) electrons. The van der Waals surface area contributed by atoms with Crippen molar-refractivity contribution in [1.29, 1.82) is 0 Å². The van der Waals surface area contributed by atoms with Crippen LogP contribution in [0.2, 0.25) is 0 Å². The lowest BCUT2D eigenvalue weighted by Crippen LogP contribution is -3.27. The molecule has 2 N–H and O–H groups in total. The molecule has 1 aromatic heterocycles. The van der Waals surface area contributed by atoms with Crippen molar-refractivity contribution in [2.45, 2.75) is 20.0 Å². The van der Waals surface area contributed by atoms with E-state index in [2.05, 4.69) is 43.3 Å². The predicted octanol–water partition coefficient (Wildman–Crippen LogP) is 1.11. The van der Waals surface area contributed by atoms with Crippen LogP contribution in [0, 0.1) is 6.92 Å². The Morgan fingerprint density at radius 1 is 0.929 bits per heavy atom. The standard InChI is InChI=1S/C22H27N3O2S/c1-16-12-19(26-2)20(27-3)13-17(16)14-24-8-10-25(11-9-24)15-22-23-18-6-4-5-7-21(18)28-22/h4-7,12-13H,8-11,14-15H2,1-3H3/p+2. The molecule has 0 bridgehead atoms. The van der Waals surface area contributed by atoms with Gasteiger partial charge in [0, 0.05) is 5.56 Å². The smallest absolute Gasteiger partial charge is 0.161 e. The molecule has 28 heavy (non-hydrogen) atoms. The molecule has 1 fully saturated rings. The summed E-state index contributed by atoms with van der Waals surface area (Å²) in [5.74, 6) is 1.63. The van der Waals surface area contributed by atoms with Crippen LogP contribution in [0.25, 0.3) is 10.2 Å². The molecule has 2 heterocycles. The number of para-hydroxylation sites is 1. The number of thiazole rings is 1. The van der Waals surface area contributed by atoms with E-state index in [1.54, 1.807) is 24.0 Å². The third-order valence-electron chi connectivity index (χ3n) is 5.69. The molecule has 1 aliphatic heterocycles. The molecule has 0 spiro atoms. The van der Waals surface area contributed by atoms with Gasteiger partial charge in [0.1, 0.15) is 44.3 Å². The van der Waals surface area contributed by atoms with E-state index in [1.807, 2.05) is 11.3 Å². The average molecular weight is 400 g/mol. The predicted molar refractivity (Wildman–Crippen MR) is 113 cm³/mol. The number of nitrogens with zero attached hydrogens (tertiary/aromatic N) is 1. The highest BCUT2D eigenvalue weighted by Crippen LogP contribution is 2.29. The highest BCUT2D eigenvalue weighted by atomic mass is 32.1. The molecule has 4 rings (SSSR count). The third kappa shape index (κ3) is 4.14. The van der Waals surface area contributed by atoms with Gasteiger partial charge in [-0.3, -0.25) is 0 Å². The number of aromatic nitrogens is 1. The van der Waals surface area contributed by atoms with Crippen LogP contribution >= 0.6 is 11.3 Å². The van der Waals surface area contributed by atoms with Crippen molar-refractivity contribution in [2.75, 3.05) is 40.4 Å². The highest BCUT2D eigenvalue weighted by molar-refractivity contribution is 7.18. The summed E-state index contributed by atoms with van der Waals surface area (Å²) < 4.78 is 12.2. The van der Waals surface area contributed by atoms with Crippen LogP contribution in [0.4, 0.5) is 0 Å². The molecule has 0 saturated carbocycles. The molecule has 1 aliphatic rings. The van der Waals surface area contributed by atoms with Crippen molar-refractivity contribution in [3.63, 3.8) is 0 Å². The summed E-state index contributed by atoms with van der Waals surface area (Å²) in [4.78, 5) is 8.09. The van der Waals surface area contributed by atoms with Gasteiger partial charge in [0.05, 0.1) is 24.4 Å². The van der Waals surface area contributed by atoms with E-state index in [9.17, 15) is 0 Å². The maximum Gasteiger partial charge on any atom is 0.161 e. The number of nitrogens with one attached hydrogen (secondary N) is 2. The number of benzene rings is 2. The van der Waals surface area contributed by atoms with Crippen LogP contribution < -0.4 is 19.3 Å². The minimum atomic E-state index is 0.809. The number of hydrogen-bond donors (Lipinski definition) is 2. The van der Waals surface area contributed by atoms with E-state index in [4.69, 9.17) is 14.5 Å². The zero-order valence-corrected chi connectivity index (χ0v) is 17.7. The van der Waals surface area contributed by atoms with Crippen LogP contribution in [0.5, 0.6) is 11.5 Å². The molecule has 3 aromatic rings. The molecule has 6 heteroatoms. The van der Waals surface area contributed by atoms with Crippen molar-refractivity contribution in [1.82, 2.24) is 4.98 Å². The second kappa shape index (κ2) is 8.47. The minimum Gasteiger partial charge on any atom is -0.493 e. The lowest BCUT2D eigenvalue weighted by atomic mass is 10.1. The Balaban J connectivity index is 1.35. The number of aryl methyl sites for hydroxylation is 1. The Labute approximate surface area is 170 Å². The Morgan fingerprint density at radius 3 is 2.25 bits per heavy atom. The zero-order chi connectivity index (χ0) is 19.5. The van der Waals surface area contributed by atoms with Gasteiger partial charge in [-0.15, -0.1) is 11.3 Å². The van der Waals surface area contributed by atoms with Crippen LogP contribution in [0.3, 0.4) is 0 Å². The van der Waals surface area contributed by atoms with Gasteiger partial charge in [0.25, 0.3) is 0 Å². The number of fused-ring (bicyclic) bond motifs is 1. The fraction of sp³-hybridized carbons (Fsp3) is 0.409. The van der Waals surface area contributed by atoms with E-state index in [0.29, 0.717) is 0 Å². The first kappa shape index (κ1) is 19.2. The van der Waals surface area contributed by atoms with E-state index in [1.165, 1.54) is 47.0 Å². The number of rotatable bonds is 6. The van der Waals surface area contributed by atoms with Gasteiger partial charge in [0.2, 0.25) is 0 Å². The highest BCUT2D eigenvalue weighted by Gasteiger charge is 2.25. The molecule has 0 unspecified atom stereocenters. The SMILES string of the molecule is COc1cc(C)c(C[NH+]2CC[NH+](Cc3nc4ccccc4s3)CC2)cc1OC. The van der Waals surface area contributed by atoms with Crippen LogP contribution in [0.1, 0.15) is 16.1 Å². The largest absolute Gasteiger partial charge is 0.493 e. The quantitative estimate of drug-likeness (QED) is 0.652. The summed E-state index contributed by atoms with van der Waals surface area (Å²) in [7, 11) is 3.39. The van der Waals surface area contributed by atoms with Crippen molar-refractivity contribution >= 4 is 21.6 Å². The van der Waals surface area contributed by atoms with Gasteiger partial charge in [0.15, 0.2) is 11.5 Å². The Morgan fingerprint density at radius 2 is 1.57 bits per heavy atom. The van der Waals surface area contributed by atoms with Gasteiger partial charge < -0.3 is 19.3 Å². The molecule has 1 saturated heterocycles. The van der Waals surface area contributed by atoms with E-state index in [-0.39, 0.29) is 0 Å². The monoisotopic (exact) mass is 399 g/mol. The normalized spacial score (nSPS) is 19.7. The first-order valence-corrected chi connectivity index (χ1v) is 10.7. The zero-order valence-electron chi connectivity index (χ0n) is 16.9. The van der Waals surface area contributed by atoms with E-state index in [0.717, 1.165) is 30.1 Å². The summed E-state index contributed by atoms with van der Waals surface area (Å²) >= 11 is 1.84. The molecular formula is C22H29N3O2S+2. The first-order chi connectivity index (χ1) is 13.7. The summed E-state index contributed by atoms with van der Waals surface area (Å²) in [5.41, 5.74) is 3.76. The molecule has 148 valence electrons. The van der Waals surface area contributed by atoms with Crippen molar-refractivity contribution < 1.29 is 19.3 Å². The van der Waals surface area contributed by atoms with E-state index < -0.39 is 0 Å². The van der Waals surface area contributed by atoms with Crippen LogP contribution in [-0.4, -0.2) is 45.4 Å². The van der Waals surface area contributed by atoms with Crippen molar-refractivity contribution in [3.8, 4) is 11.5 Å². The fourth-order valence-electron chi connectivity index (χ4n) is 4.00. The number of quaternary nitrogens is 2. The molecule has 0 amide bonds. The third-order valence-corrected chi connectivity index (χ3v) is 6.72. The summed E-state index contributed by atoms with van der Waals surface area (Å²) in [6.45, 7) is 9.01.